The zero-order valence-corrected chi connectivity index (χ0v) is 16.4. The summed E-state index contributed by atoms with van der Waals surface area (Å²) >= 11 is 0. The molecule has 7 nitrogen and oxygen atoms in total. The van der Waals surface area contributed by atoms with E-state index in [1.54, 1.807) is 6.92 Å². The molecule has 0 heterocycles. The van der Waals surface area contributed by atoms with Crippen LogP contribution in [-0.4, -0.2) is 30.7 Å². The molecule has 1 aromatic rings. The predicted octanol–water partition coefficient (Wildman–Crippen LogP) is 4.05. The minimum Gasteiger partial charge on any atom is -0.465 e. The summed E-state index contributed by atoms with van der Waals surface area (Å²) in [5.74, 6) is -0.736. The molecule has 0 aliphatic heterocycles. The number of nitro benzene ring substituents is 1. The third-order valence-electron chi connectivity index (χ3n) is 4.39. The molecular weight excluding hydrogens is 358 g/mol. The first-order valence-corrected chi connectivity index (χ1v) is 10.4. The van der Waals surface area contributed by atoms with Crippen molar-refractivity contribution < 1.29 is 22.9 Å². The van der Waals surface area contributed by atoms with E-state index in [1.807, 2.05) is 13.8 Å². The van der Waals surface area contributed by atoms with Gasteiger partial charge in [-0.15, -0.1) is 0 Å². The van der Waals surface area contributed by atoms with E-state index in [2.05, 4.69) is 0 Å². The number of hydrogen-bond donors (Lipinski definition) is 0. The lowest BCUT2D eigenvalue weighted by Gasteiger charge is -2.31. The molecular formula is C18H27NO6S. The number of rotatable bonds is 11. The van der Waals surface area contributed by atoms with Crippen LogP contribution >= 0.6 is 0 Å². The molecule has 0 aliphatic carbocycles. The maximum atomic E-state index is 13.4. The topological polar surface area (TPSA) is 104 Å². The van der Waals surface area contributed by atoms with Crippen LogP contribution < -0.4 is 0 Å². The van der Waals surface area contributed by atoms with Gasteiger partial charge in [0.15, 0.2) is 14.6 Å². The number of nitrogens with zero attached hydrogens (tertiary/aromatic N) is 1. The van der Waals surface area contributed by atoms with E-state index in [-0.39, 0.29) is 30.0 Å². The van der Waals surface area contributed by atoms with Gasteiger partial charge in [0, 0.05) is 12.1 Å². The van der Waals surface area contributed by atoms with E-state index < -0.39 is 25.5 Å². The van der Waals surface area contributed by atoms with E-state index in [0.717, 1.165) is 25.0 Å². The fourth-order valence-electron chi connectivity index (χ4n) is 2.87. The van der Waals surface area contributed by atoms with Crippen LogP contribution in [0.5, 0.6) is 0 Å². The number of esters is 1. The number of ether oxygens (including phenoxy) is 1. The fraction of sp³-hybridized carbons (Fsp3) is 0.611. The lowest BCUT2D eigenvalue weighted by molar-refractivity contribution is -0.384. The van der Waals surface area contributed by atoms with Crippen molar-refractivity contribution >= 4 is 21.5 Å². The predicted molar refractivity (Wildman–Crippen MR) is 98.7 cm³/mol. The first-order valence-electron chi connectivity index (χ1n) is 8.93. The number of carbonyl (C=O) groups excluding carboxylic acids is 1. The Hall–Kier alpha value is -1.96. The van der Waals surface area contributed by atoms with E-state index in [0.29, 0.717) is 12.8 Å². The summed E-state index contributed by atoms with van der Waals surface area (Å²) in [4.78, 5) is 22.9. The van der Waals surface area contributed by atoms with Crippen LogP contribution in [0.1, 0.15) is 59.3 Å². The van der Waals surface area contributed by atoms with Crippen molar-refractivity contribution in [3.05, 3.63) is 34.4 Å². The summed E-state index contributed by atoms with van der Waals surface area (Å²) in [5, 5.41) is 10.8. The summed E-state index contributed by atoms with van der Waals surface area (Å²) in [5.41, 5.74) is -0.201. The molecule has 0 radical (unpaired) electrons. The van der Waals surface area contributed by atoms with Gasteiger partial charge in [0.25, 0.3) is 5.69 Å². The van der Waals surface area contributed by atoms with Crippen molar-refractivity contribution in [3.8, 4) is 0 Å². The molecule has 0 atom stereocenters. The number of nitro groups is 1. The van der Waals surface area contributed by atoms with Crippen molar-refractivity contribution in [1.29, 1.82) is 0 Å². The summed E-state index contributed by atoms with van der Waals surface area (Å²) < 4.78 is 30.3. The Morgan fingerprint density at radius 1 is 1.08 bits per heavy atom. The number of benzene rings is 1. The van der Waals surface area contributed by atoms with Crippen LogP contribution in [0.2, 0.25) is 0 Å². The number of unbranched alkanes of at least 4 members (excludes halogenated alkanes) is 2. The van der Waals surface area contributed by atoms with Crippen LogP contribution in [0, 0.1) is 10.1 Å². The fourth-order valence-corrected chi connectivity index (χ4v) is 4.92. The zero-order chi connectivity index (χ0) is 19.8. The largest absolute Gasteiger partial charge is 0.465 e. The molecule has 146 valence electrons. The summed E-state index contributed by atoms with van der Waals surface area (Å²) in [7, 11) is -4.07. The van der Waals surface area contributed by atoms with Gasteiger partial charge < -0.3 is 4.74 Å². The Labute approximate surface area is 154 Å². The van der Waals surface area contributed by atoms with Crippen LogP contribution in [0.25, 0.3) is 0 Å². The third kappa shape index (κ3) is 4.60. The molecule has 0 amide bonds. The SMILES string of the molecule is CCCCC(CCCC)(C(=O)OCC)S(=O)(=O)c1ccc([N+](=O)[O-])cc1. The molecule has 1 aromatic carbocycles. The first kappa shape index (κ1) is 22.1. The Bertz CT molecular complexity index is 704. The van der Waals surface area contributed by atoms with Crippen molar-refractivity contribution in [2.24, 2.45) is 0 Å². The van der Waals surface area contributed by atoms with E-state index >= 15 is 0 Å². The Balaban J connectivity index is 3.48. The maximum absolute atomic E-state index is 13.4. The van der Waals surface area contributed by atoms with Gasteiger partial charge in [-0.2, -0.15) is 0 Å². The monoisotopic (exact) mass is 385 g/mol. The molecule has 0 spiro atoms. The Kier molecular flexibility index (Phi) is 8.20. The van der Waals surface area contributed by atoms with Crippen molar-refractivity contribution in [2.75, 3.05) is 6.61 Å². The lowest BCUT2D eigenvalue weighted by atomic mass is 9.95. The number of non-ortho nitro benzene ring substituents is 1. The molecule has 0 fully saturated rings. The molecule has 0 aromatic heterocycles. The minimum atomic E-state index is -4.07. The van der Waals surface area contributed by atoms with Crippen molar-refractivity contribution in [3.63, 3.8) is 0 Å². The van der Waals surface area contributed by atoms with E-state index in [9.17, 15) is 23.3 Å². The number of sulfone groups is 1. The van der Waals surface area contributed by atoms with Crippen LogP contribution in [0.15, 0.2) is 29.2 Å². The molecule has 0 N–H and O–H groups in total. The Morgan fingerprint density at radius 3 is 1.96 bits per heavy atom. The lowest BCUT2D eigenvalue weighted by Crippen LogP contribution is -2.47. The second kappa shape index (κ2) is 9.66. The average molecular weight is 385 g/mol. The summed E-state index contributed by atoms with van der Waals surface area (Å²) in [6.07, 6.45) is 2.94. The highest BCUT2D eigenvalue weighted by atomic mass is 32.2. The van der Waals surface area contributed by atoms with E-state index in [1.165, 1.54) is 12.1 Å². The molecule has 1 rings (SSSR count). The van der Waals surface area contributed by atoms with Gasteiger partial charge in [0.1, 0.15) is 0 Å². The van der Waals surface area contributed by atoms with Crippen LogP contribution in [0.4, 0.5) is 5.69 Å². The molecule has 26 heavy (non-hydrogen) atoms. The van der Waals surface area contributed by atoms with Gasteiger partial charge in [-0.25, -0.2) is 8.42 Å². The number of carbonyl (C=O) groups is 1. The smallest absolute Gasteiger partial charge is 0.327 e. The van der Waals surface area contributed by atoms with Gasteiger partial charge in [0.2, 0.25) is 0 Å². The molecule has 0 unspecified atom stereocenters. The van der Waals surface area contributed by atoms with Gasteiger partial charge >= 0.3 is 5.97 Å². The van der Waals surface area contributed by atoms with Gasteiger partial charge in [0.05, 0.1) is 16.4 Å². The molecule has 0 saturated heterocycles. The van der Waals surface area contributed by atoms with Crippen LogP contribution in [0.3, 0.4) is 0 Å². The molecule has 0 aliphatic rings. The Morgan fingerprint density at radius 2 is 1.58 bits per heavy atom. The number of hydrogen-bond acceptors (Lipinski definition) is 6. The molecule has 0 bridgehead atoms. The maximum Gasteiger partial charge on any atom is 0.327 e. The highest BCUT2D eigenvalue weighted by molar-refractivity contribution is 7.93. The second-order valence-electron chi connectivity index (χ2n) is 6.18. The zero-order valence-electron chi connectivity index (χ0n) is 15.6. The quantitative estimate of drug-likeness (QED) is 0.323. The standard InChI is InChI=1S/C18H27NO6S/c1-4-7-13-18(14-8-5-2,17(20)25-6-3)26(23,24)16-11-9-15(10-12-16)19(21)22/h9-12H,4-8,13-14H2,1-3H3. The highest BCUT2D eigenvalue weighted by Crippen LogP contribution is 2.37. The van der Waals surface area contributed by atoms with E-state index in [4.69, 9.17) is 4.74 Å². The minimum absolute atomic E-state index is 0.0919. The van der Waals surface area contributed by atoms with Crippen molar-refractivity contribution in [2.45, 2.75) is 68.9 Å². The highest BCUT2D eigenvalue weighted by Gasteiger charge is 2.51. The summed E-state index contributed by atoms with van der Waals surface area (Å²) in [6, 6.07) is 4.67. The average Bonchev–Trinajstić information content (AvgIpc) is 2.62. The first-order chi connectivity index (χ1) is 12.3. The third-order valence-corrected chi connectivity index (χ3v) is 6.88. The van der Waals surface area contributed by atoms with Gasteiger partial charge in [-0.1, -0.05) is 39.5 Å². The van der Waals surface area contributed by atoms with Gasteiger partial charge in [-0.05, 0) is 31.9 Å². The van der Waals surface area contributed by atoms with Crippen LogP contribution in [-0.2, 0) is 19.4 Å². The van der Waals surface area contributed by atoms with Crippen molar-refractivity contribution in [1.82, 2.24) is 0 Å². The molecule has 0 saturated carbocycles. The van der Waals surface area contributed by atoms with Gasteiger partial charge in [-0.3, -0.25) is 14.9 Å². The summed E-state index contributed by atoms with van der Waals surface area (Å²) in [6.45, 7) is 5.58. The second-order valence-corrected chi connectivity index (χ2v) is 8.44. The normalized spacial score (nSPS) is 12.0. The molecule has 8 heteroatoms.